The predicted molar refractivity (Wildman–Crippen MR) is 83.0 cm³/mol. The molecule has 0 N–H and O–H groups in total. The van der Waals surface area contributed by atoms with Gasteiger partial charge in [0.05, 0.1) is 19.3 Å². The van der Waals surface area contributed by atoms with Gasteiger partial charge < -0.3 is 9.47 Å². The zero-order chi connectivity index (χ0) is 15.1. The molecule has 0 aliphatic heterocycles. The van der Waals surface area contributed by atoms with Gasteiger partial charge in [-0.05, 0) is 36.6 Å². The van der Waals surface area contributed by atoms with E-state index in [-0.39, 0.29) is 12.4 Å². The van der Waals surface area contributed by atoms with Crippen LogP contribution < -0.4 is 4.74 Å². The summed E-state index contributed by atoms with van der Waals surface area (Å²) in [6.07, 6.45) is 0.805. The molecule has 0 aliphatic rings. The van der Waals surface area contributed by atoms with E-state index in [2.05, 4.69) is 0 Å². The number of hydrogen-bond acceptors (Lipinski definition) is 3. The monoisotopic (exact) mass is 284 g/mol. The van der Waals surface area contributed by atoms with Crippen LogP contribution in [0.5, 0.6) is 5.75 Å². The second-order valence-corrected chi connectivity index (χ2v) is 4.92. The van der Waals surface area contributed by atoms with Crippen molar-refractivity contribution in [1.82, 2.24) is 0 Å². The highest BCUT2D eigenvalue weighted by Crippen LogP contribution is 2.20. The fourth-order valence-corrected chi connectivity index (χ4v) is 2.11. The van der Waals surface area contributed by atoms with Crippen LogP contribution in [0.2, 0.25) is 0 Å². The van der Waals surface area contributed by atoms with Crippen LogP contribution >= 0.6 is 0 Å². The molecule has 0 aromatic heterocycles. The Morgan fingerprint density at radius 3 is 2.57 bits per heavy atom. The highest BCUT2D eigenvalue weighted by Gasteiger charge is 2.12. The molecule has 0 atom stereocenters. The van der Waals surface area contributed by atoms with Gasteiger partial charge in [-0.15, -0.1) is 0 Å². The van der Waals surface area contributed by atoms with E-state index in [1.54, 1.807) is 13.2 Å². The maximum Gasteiger partial charge on any atom is 0.192 e. The first-order valence-corrected chi connectivity index (χ1v) is 7.00. The molecular formula is C18H20O3. The van der Waals surface area contributed by atoms with E-state index < -0.39 is 0 Å². The molecule has 3 heteroatoms. The summed E-state index contributed by atoms with van der Waals surface area (Å²) in [7, 11) is 1.57. The Hall–Kier alpha value is -2.13. The standard InChI is InChI=1S/C18H20O3/c1-14-8-9-16(18(12-14)20-2)17(19)13-21-11-10-15-6-4-3-5-7-15/h3-9,12H,10-11,13H2,1-2H3. The molecule has 0 radical (unpaired) electrons. The quantitative estimate of drug-likeness (QED) is 0.577. The zero-order valence-corrected chi connectivity index (χ0v) is 12.5. The Morgan fingerprint density at radius 1 is 1.10 bits per heavy atom. The molecule has 0 amide bonds. The van der Waals surface area contributed by atoms with Crippen LogP contribution in [0.3, 0.4) is 0 Å². The molecule has 110 valence electrons. The first-order valence-electron chi connectivity index (χ1n) is 7.00. The molecule has 2 aromatic rings. The van der Waals surface area contributed by atoms with E-state index in [4.69, 9.17) is 9.47 Å². The number of ether oxygens (including phenoxy) is 2. The summed E-state index contributed by atoms with van der Waals surface area (Å²) < 4.78 is 10.7. The maximum atomic E-state index is 12.1. The summed E-state index contributed by atoms with van der Waals surface area (Å²) in [6.45, 7) is 2.57. The molecule has 0 saturated heterocycles. The van der Waals surface area contributed by atoms with Crippen molar-refractivity contribution in [2.75, 3.05) is 20.3 Å². The van der Waals surface area contributed by atoms with Gasteiger partial charge >= 0.3 is 0 Å². The van der Waals surface area contributed by atoms with E-state index in [9.17, 15) is 4.79 Å². The third-order valence-electron chi connectivity index (χ3n) is 3.27. The van der Waals surface area contributed by atoms with Gasteiger partial charge in [-0.3, -0.25) is 4.79 Å². The average molecular weight is 284 g/mol. The number of benzene rings is 2. The lowest BCUT2D eigenvalue weighted by Crippen LogP contribution is -2.12. The van der Waals surface area contributed by atoms with Crippen molar-refractivity contribution in [2.45, 2.75) is 13.3 Å². The van der Waals surface area contributed by atoms with Gasteiger partial charge in [0.15, 0.2) is 5.78 Å². The van der Waals surface area contributed by atoms with E-state index >= 15 is 0 Å². The number of rotatable bonds is 7. The molecular weight excluding hydrogens is 264 g/mol. The topological polar surface area (TPSA) is 35.5 Å². The summed E-state index contributed by atoms with van der Waals surface area (Å²) in [5, 5.41) is 0. The fraction of sp³-hybridized carbons (Fsp3) is 0.278. The average Bonchev–Trinajstić information content (AvgIpc) is 2.52. The Kier molecular flexibility index (Phi) is 5.52. The normalized spacial score (nSPS) is 10.4. The summed E-state index contributed by atoms with van der Waals surface area (Å²) in [4.78, 5) is 12.1. The van der Waals surface area contributed by atoms with Crippen LogP contribution in [0.4, 0.5) is 0 Å². The smallest absolute Gasteiger partial charge is 0.192 e. The molecule has 21 heavy (non-hydrogen) atoms. The Bertz CT molecular complexity index is 591. The van der Waals surface area contributed by atoms with Gasteiger partial charge in [0.1, 0.15) is 12.4 Å². The molecule has 0 spiro atoms. The second-order valence-electron chi connectivity index (χ2n) is 4.92. The molecule has 0 heterocycles. The van der Waals surface area contributed by atoms with Crippen molar-refractivity contribution in [1.29, 1.82) is 0 Å². The van der Waals surface area contributed by atoms with Crippen LogP contribution in [0.25, 0.3) is 0 Å². The number of aryl methyl sites for hydroxylation is 1. The van der Waals surface area contributed by atoms with Gasteiger partial charge in [-0.25, -0.2) is 0 Å². The largest absolute Gasteiger partial charge is 0.496 e. The Balaban J connectivity index is 1.85. The lowest BCUT2D eigenvalue weighted by molar-refractivity contribution is 0.0762. The van der Waals surface area contributed by atoms with Crippen LogP contribution in [-0.4, -0.2) is 26.1 Å². The van der Waals surface area contributed by atoms with E-state index in [1.807, 2.05) is 49.4 Å². The van der Waals surface area contributed by atoms with E-state index in [0.29, 0.717) is 17.9 Å². The van der Waals surface area contributed by atoms with Gasteiger partial charge in [-0.2, -0.15) is 0 Å². The second kappa shape index (κ2) is 7.60. The van der Waals surface area contributed by atoms with Gasteiger partial charge in [0, 0.05) is 0 Å². The van der Waals surface area contributed by atoms with Crippen molar-refractivity contribution in [2.24, 2.45) is 0 Å². The summed E-state index contributed by atoms with van der Waals surface area (Å²) in [6, 6.07) is 15.6. The minimum Gasteiger partial charge on any atom is -0.496 e. The number of Topliss-reactive ketones (excluding diaryl/α,β-unsaturated/α-hetero) is 1. The maximum absolute atomic E-state index is 12.1. The third kappa shape index (κ3) is 4.43. The zero-order valence-electron chi connectivity index (χ0n) is 12.5. The van der Waals surface area contributed by atoms with Crippen LogP contribution in [0.15, 0.2) is 48.5 Å². The van der Waals surface area contributed by atoms with Crippen molar-refractivity contribution in [3.63, 3.8) is 0 Å². The molecule has 2 aromatic carbocycles. The Labute approximate surface area is 125 Å². The van der Waals surface area contributed by atoms with Crippen molar-refractivity contribution in [3.8, 4) is 5.75 Å². The van der Waals surface area contributed by atoms with Crippen molar-refractivity contribution >= 4 is 5.78 Å². The first kappa shape index (κ1) is 15.3. The highest BCUT2D eigenvalue weighted by molar-refractivity contribution is 5.99. The highest BCUT2D eigenvalue weighted by atomic mass is 16.5. The number of methoxy groups -OCH3 is 1. The SMILES string of the molecule is COc1cc(C)ccc1C(=O)COCCc1ccccc1. The van der Waals surface area contributed by atoms with Crippen molar-refractivity contribution in [3.05, 3.63) is 65.2 Å². The van der Waals surface area contributed by atoms with Crippen molar-refractivity contribution < 1.29 is 14.3 Å². The first-order chi connectivity index (χ1) is 10.2. The molecule has 0 aliphatic carbocycles. The predicted octanol–water partition coefficient (Wildman–Crippen LogP) is 3.45. The van der Waals surface area contributed by atoms with Crippen LogP contribution in [-0.2, 0) is 11.2 Å². The molecule has 2 rings (SSSR count). The lowest BCUT2D eigenvalue weighted by atomic mass is 10.1. The van der Waals surface area contributed by atoms with Gasteiger partial charge in [-0.1, -0.05) is 36.4 Å². The van der Waals surface area contributed by atoms with Gasteiger partial charge in [0.2, 0.25) is 0 Å². The number of carbonyl (C=O) groups excluding carboxylic acids is 1. The third-order valence-corrected chi connectivity index (χ3v) is 3.27. The van der Waals surface area contributed by atoms with E-state index in [0.717, 1.165) is 12.0 Å². The molecule has 0 fully saturated rings. The minimum absolute atomic E-state index is 0.0556. The van der Waals surface area contributed by atoms with Crippen LogP contribution in [0, 0.1) is 6.92 Å². The van der Waals surface area contributed by atoms with Crippen LogP contribution in [0.1, 0.15) is 21.5 Å². The number of carbonyl (C=O) groups is 1. The number of hydrogen-bond donors (Lipinski definition) is 0. The molecule has 0 unspecified atom stereocenters. The molecule has 0 bridgehead atoms. The summed E-state index contributed by atoms with van der Waals surface area (Å²) >= 11 is 0. The summed E-state index contributed by atoms with van der Waals surface area (Å²) in [5.74, 6) is 0.548. The lowest BCUT2D eigenvalue weighted by Gasteiger charge is -2.09. The van der Waals surface area contributed by atoms with E-state index in [1.165, 1.54) is 5.56 Å². The fourth-order valence-electron chi connectivity index (χ4n) is 2.11. The Morgan fingerprint density at radius 2 is 1.86 bits per heavy atom. The molecule has 3 nitrogen and oxygen atoms in total. The minimum atomic E-state index is -0.0556. The van der Waals surface area contributed by atoms with Gasteiger partial charge in [0.25, 0.3) is 0 Å². The number of ketones is 1. The summed E-state index contributed by atoms with van der Waals surface area (Å²) in [5.41, 5.74) is 2.84. The molecule has 0 saturated carbocycles.